The number of hydrogen-bond donors (Lipinski definition) is 1. The summed E-state index contributed by atoms with van der Waals surface area (Å²) in [5, 5.41) is 9.07. The zero-order chi connectivity index (χ0) is 9.84. The highest BCUT2D eigenvalue weighted by atomic mass is 16.3. The number of carbonyl (C=O) groups excluding carboxylic acids is 1. The normalized spacial score (nSPS) is 13.2. The van der Waals surface area contributed by atoms with Crippen LogP contribution in [0.25, 0.3) is 0 Å². The topological polar surface area (TPSA) is 37.3 Å². The third kappa shape index (κ3) is 2.08. The minimum absolute atomic E-state index is 0.241. The van der Waals surface area contributed by atoms with Crippen molar-refractivity contribution in [1.82, 2.24) is 0 Å². The van der Waals surface area contributed by atoms with Gasteiger partial charge in [-0.05, 0) is 23.3 Å². The van der Waals surface area contributed by atoms with Crippen LogP contribution in [0.2, 0.25) is 0 Å². The van der Waals surface area contributed by atoms with Gasteiger partial charge in [0.05, 0.1) is 0 Å². The van der Waals surface area contributed by atoms with Crippen molar-refractivity contribution >= 4 is 5.78 Å². The van der Waals surface area contributed by atoms with Crippen molar-refractivity contribution < 1.29 is 9.90 Å². The van der Waals surface area contributed by atoms with Crippen molar-refractivity contribution in [3.8, 4) is 5.75 Å². The first-order valence-electron chi connectivity index (χ1n) is 4.58. The first-order valence-corrected chi connectivity index (χ1v) is 4.58. The molecule has 0 saturated carbocycles. The second kappa shape index (κ2) is 4.08. The Balaban J connectivity index is 0.000000396. The molecule has 0 spiro atoms. The van der Waals surface area contributed by atoms with E-state index in [2.05, 4.69) is 0 Å². The van der Waals surface area contributed by atoms with Gasteiger partial charge in [-0.1, -0.05) is 19.9 Å². The molecule has 0 aromatic heterocycles. The van der Waals surface area contributed by atoms with Gasteiger partial charge in [0.1, 0.15) is 11.5 Å². The van der Waals surface area contributed by atoms with Crippen LogP contribution in [0.15, 0.2) is 18.2 Å². The fraction of sp³-hybridized carbons (Fsp3) is 0.364. The van der Waals surface area contributed by atoms with Gasteiger partial charge >= 0.3 is 0 Å². The lowest BCUT2D eigenvalue weighted by Gasteiger charge is -1.96. The second-order valence-corrected chi connectivity index (χ2v) is 2.85. The molecule has 0 radical (unpaired) electrons. The molecule has 2 rings (SSSR count). The average molecular weight is 178 g/mol. The summed E-state index contributed by atoms with van der Waals surface area (Å²) in [5.74, 6) is 0.490. The third-order valence-corrected chi connectivity index (χ3v) is 1.97. The summed E-state index contributed by atoms with van der Waals surface area (Å²) in [5.41, 5.74) is 2.04. The van der Waals surface area contributed by atoms with E-state index in [4.69, 9.17) is 5.11 Å². The van der Waals surface area contributed by atoms with Crippen LogP contribution in [0, 0.1) is 0 Å². The zero-order valence-corrected chi connectivity index (χ0v) is 8.00. The quantitative estimate of drug-likeness (QED) is 0.660. The van der Waals surface area contributed by atoms with Crippen LogP contribution in [0.3, 0.4) is 0 Å². The van der Waals surface area contributed by atoms with Crippen molar-refractivity contribution in [2.24, 2.45) is 0 Å². The van der Waals surface area contributed by atoms with E-state index in [0.717, 1.165) is 11.1 Å². The molecule has 0 unspecified atom stereocenters. The Morgan fingerprint density at radius 3 is 2.46 bits per heavy atom. The SMILES string of the molecule is CC.O=C1Cc2ccc(O)cc2C1. The summed E-state index contributed by atoms with van der Waals surface area (Å²) >= 11 is 0. The molecule has 0 heterocycles. The zero-order valence-electron chi connectivity index (χ0n) is 8.00. The number of hydrogen-bond acceptors (Lipinski definition) is 2. The molecule has 1 aromatic rings. The first-order chi connectivity index (χ1) is 6.25. The molecule has 1 N–H and O–H groups in total. The van der Waals surface area contributed by atoms with E-state index in [1.54, 1.807) is 12.1 Å². The van der Waals surface area contributed by atoms with Crippen molar-refractivity contribution in [1.29, 1.82) is 0 Å². The van der Waals surface area contributed by atoms with Crippen molar-refractivity contribution in [2.45, 2.75) is 26.7 Å². The maximum Gasteiger partial charge on any atom is 0.141 e. The predicted octanol–water partition coefficient (Wildman–Crippen LogP) is 2.09. The van der Waals surface area contributed by atoms with Crippen LogP contribution < -0.4 is 0 Å². The largest absolute Gasteiger partial charge is 0.508 e. The van der Waals surface area contributed by atoms with Gasteiger partial charge in [0, 0.05) is 12.8 Å². The van der Waals surface area contributed by atoms with E-state index < -0.39 is 0 Å². The lowest BCUT2D eigenvalue weighted by atomic mass is 10.1. The third-order valence-electron chi connectivity index (χ3n) is 1.97. The van der Waals surface area contributed by atoms with Crippen LogP contribution in [0.4, 0.5) is 0 Å². The van der Waals surface area contributed by atoms with E-state index >= 15 is 0 Å². The lowest BCUT2D eigenvalue weighted by molar-refractivity contribution is -0.117. The Morgan fingerprint density at radius 1 is 1.15 bits per heavy atom. The summed E-state index contributed by atoms with van der Waals surface area (Å²) in [6.07, 6.45) is 1.03. The highest BCUT2D eigenvalue weighted by Gasteiger charge is 2.17. The Labute approximate surface area is 78.2 Å². The van der Waals surface area contributed by atoms with E-state index in [0.29, 0.717) is 12.8 Å². The summed E-state index contributed by atoms with van der Waals surface area (Å²) in [4.78, 5) is 10.9. The summed E-state index contributed by atoms with van der Waals surface area (Å²) in [6.45, 7) is 4.00. The van der Waals surface area contributed by atoms with E-state index in [1.165, 1.54) is 0 Å². The van der Waals surface area contributed by atoms with Crippen LogP contribution in [0.1, 0.15) is 25.0 Å². The Hall–Kier alpha value is -1.31. The molecular weight excluding hydrogens is 164 g/mol. The molecule has 1 aromatic carbocycles. The summed E-state index contributed by atoms with van der Waals surface area (Å²) in [7, 11) is 0. The van der Waals surface area contributed by atoms with Crippen molar-refractivity contribution in [3.63, 3.8) is 0 Å². The number of Topliss-reactive ketones (excluding diaryl/α,β-unsaturated/α-hetero) is 1. The molecular formula is C11H14O2. The van der Waals surface area contributed by atoms with Crippen molar-refractivity contribution in [3.05, 3.63) is 29.3 Å². The molecule has 2 nitrogen and oxygen atoms in total. The van der Waals surface area contributed by atoms with Gasteiger partial charge in [-0.3, -0.25) is 4.79 Å². The van der Waals surface area contributed by atoms with Gasteiger partial charge in [-0.15, -0.1) is 0 Å². The number of ketones is 1. The molecule has 0 atom stereocenters. The fourth-order valence-electron chi connectivity index (χ4n) is 1.44. The fourth-order valence-corrected chi connectivity index (χ4v) is 1.44. The van der Waals surface area contributed by atoms with Gasteiger partial charge < -0.3 is 5.11 Å². The van der Waals surface area contributed by atoms with E-state index in [-0.39, 0.29) is 11.5 Å². The van der Waals surface area contributed by atoms with Crippen LogP contribution in [-0.4, -0.2) is 10.9 Å². The number of carbonyl (C=O) groups is 1. The molecule has 1 aliphatic rings. The molecule has 0 saturated heterocycles. The smallest absolute Gasteiger partial charge is 0.141 e. The highest BCUT2D eigenvalue weighted by molar-refractivity contribution is 5.88. The highest BCUT2D eigenvalue weighted by Crippen LogP contribution is 2.23. The number of phenols is 1. The van der Waals surface area contributed by atoms with Gasteiger partial charge in [-0.25, -0.2) is 0 Å². The average Bonchev–Trinajstić information content (AvgIpc) is 2.48. The number of phenolic OH excluding ortho intramolecular Hbond substituents is 1. The molecule has 2 heteroatoms. The number of benzene rings is 1. The minimum atomic E-state index is 0.241. The monoisotopic (exact) mass is 178 g/mol. The maximum atomic E-state index is 10.9. The molecule has 0 fully saturated rings. The molecule has 1 aliphatic carbocycles. The molecule has 0 bridgehead atoms. The first kappa shape index (κ1) is 9.78. The van der Waals surface area contributed by atoms with Crippen LogP contribution in [-0.2, 0) is 17.6 Å². The van der Waals surface area contributed by atoms with Crippen LogP contribution in [0.5, 0.6) is 5.75 Å². The van der Waals surface area contributed by atoms with Crippen molar-refractivity contribution in [2.75, 3.05) is 0 Å². The standard InChI is InChI=1S/C9H8O2.C2H6/c10-8-2-1-6-3-9(11)5-7(6)4-8;1-2/h1-2,4,10H,3,5H2;1-2H3. The van der Waals surface area contributed by atoms with Gasteiger partial charge in [0.25, 0.3) is 0 Å². The number of fused-ring (bicyclic) bond motifs is 1. The van der Waals surface area contributed by atoms with Crippen LogP contribution >= 0.6 is 0 Å². The molecule has 0 aliphatic heterocycles. The minimum Gasteiger partial charge on any atom is -0.508 e. The molecule has 0 amide bonds. The lowest BCUT2D eigenvalue weighted by Crippen LogP contribution is -1.92. The van der Waals surface area contributed by atoms with E-state index in [1.807, 2.05) is 19.9 Å². The number of aromatic hydroxyl groups is 1. The second-order valence-electron chi connectivity index (χ2n) is 2.85. The Morgan fingerprint density at radius 2 is 1.77 bits per heavy atom. The predicted molar refractivity (Wildman–Crippen MR) is 51.9 cm³/mol. The molecule has 70 valence electrons. The van der Waals surface area contributed by atoms with E-state index in [9.17, 15) is 4.79 Å². The van der Waals surface area contributed by atoms with Gasteiger partial charge in [0.2, 0.25) is 0 Å². The summed E-state index contributed by atoms with van der Waals surface area (Å²) in [6, 6.07) is 5.10. The van der Waals surface area contributed by atoms with Gasteiger partial charge in [0.15, 0.2) is 0 Å². The van der Waals surface area contributed by atoms with Gasteiger partial charge in [-0.2, -0.15) is 0 Å². The summed E-state index contributed by atoms with van der Waals surface area (Å²) < 4.78 is 0. The molecule has 13 heavy (non-hydrogen) atoms. The maximum absolute atomic E-state index is 10.9. The Bertz CT molecular complexity index is 316. The Kier molecular flexibility index (Phi) is 3.07. The number of rotatable bonds is 0.